The second-order valence-electron chi connectivity index (χ2n) is 7.23. The Bertz CT molecular complexity index is 700. The first-order valence-electron chi connectivity index (χ1n) is 8.88. The molecule has 0 radical (unpaired) electrons. The normalized spacial score (nSPS) is 27.3. The number of quaternary nitrogens is 1. The van der Waals surface area contributed by atoms with Crippen molar-refractivity contribution in [2.24, 2.45) is 5.92 Å². The van der Waals surface area contributed by atoms with E-state index in [-0.39, 0.29) is 10.8 Å². The van der Waals surface area contributed by atoms with Gasteiger partial charge in [0.05, 0.1) is 17.5 Å². The van der Waals surface area contributed by atoms with Crippen molar-refractivity contribution in [1.29, 1.82) is 0 Å². The summed E-state index contributed by atoms with van der Waals surface area (Å²) in [5, 5.41) is 2.87. The topological polar surface area (TPSA) is 67.7 Å². The largest absolute Gasteiger partial charge is 0.324 e. The zero-order chi connectivity index (χ0) is 17.2. The summed E-state index contributed by atoms with van der Waals surface area (Å²) >= 11 is 0. The molecule has 2 fully saturated rings. The minimum absolute atomic E-state index is 0.0260. The Morgan fingerprint density at radius 2 is 1.96 bits per heavy atom. The second-order valence-corrected chi connectivity index (χ2v) is 9.24. The summed E-state index contributed by atoms with van der Waals surface area (Å²) in [7, 11) is -3.26. The predicted molar refractivity (Wildman–Crippen MR) is 93.9 cm³/mol. The highest BCUT2D eigenvalue weighted by Gasteiger charge is 2.37. The van der Waals surface area contributed by atoms with Gasteiger partial charge < -0.3 is 10.2 Å². The van der Waals surface area contributed by atoms with Crippen molar-refractivity contribution in [3.8, 4) is 0 Å². The van der Waals surface area contributed by atoms with Crippen molar-refractivity contribution in [3.05, 3.63) is 24.3 Å². The first-order valence-corrected chi connectivity index (χ1v) is 10.8. The van der Waals surface area contributed by atoms with Crippen LogP contribution in [0.5, 0.6) is 0 Å². The molecule has 1 aliphatic heterocycles. The third kappa shape index (κ3) is 4.16. The molecule has 1 saturated carbocycles. The number of likely N-dealkylation sites (tertiary alicyclic amines) is 1. The van der Waals surface area contributed by atoms with Gasteiger partial charge in [0, 0.05) is 17.9 Å². The fourth-order valence-electron chi connectivity index (χ4n) is 4.30. The van der Waals surface area contributed by atoms with Gasteiger partial charge in [0.2, 0.25) is 0 Å². The van der Waals surface area contributed by atoms with E-state index in [0.29, 0.717) is 18.3 Å². The summed E-state index contributed by atoms with van der Waals surface area (Å²) in [6, 6.07) is 7.11. The smallest absolute Gasteiger partial charge is 0.279 e. The molecule has 5 nitrogen and oxygen atoms in total. The molecular formula is C18H27N2O3S+. The van der Waals surface area contributed by atoms with Crippen LogP contribution in [0, 0.1) is 5.92 Å². The standard InChI is InChI=1S/C18H26N2O3S/c1-24(22,23)16-9-4-8-15(12-16)19-18(21)13-20-11-5-7-14-6-2-3-10-17(14)20/h4,8-9,12,14,17H,2-3,5-7,10-11,13H2,1H3,(H,19,21)/p+1/t14-,17+/m1/s1. The van der Waals surface area contributed by atoms with E-state index in [1.807, 2.05) is 0 Å². The number of nitrogens with one attached hydrogen (secondary N) is 2. The van der Waals surface area contributed by atoms with E-state index in [1.54, 1.807) is 18.2 Å². The number of rotatable bonds is 4. The fourth-order valence-corrected chi connectivity index (χ4v) is 4.97. The van der Waals surface area contributed by atoms with Crippen LogP contribution in [0.3, 0.4) is 0 Å². The number of fused-ring (bicyclic) bond motifs is 1. The molecule has 1 aliphatic carbocycles. The van der Waals surface area contributed by atoms with Crippen molar-refractivity contribution < 1.29 is 18.1 Å². The molecule has 2 N–H and O–H groups in total. The van der Waals surface area contributed by atoms with Gasteiger partial charge in [-0.25, -0.2) is 8.42 Å². The van der Waals surface area contributed by atoms with Crippen LogP contribution >= 0.6 is 0 Å². The lowest BCUT2D eigenvalue weighted by atomic mass is 9.78. The Balaban J connectivity index is 1.63. The van der Waals surface area contributed by atoms with Gasteiger partial charge >= 0.3 is 0 Å². The highest BCUT2D eigenvalue weighted by Crippen LogP contribution is 2.28. The third-order valence-corrected chi connectivity index (χ3v) is 6.55. The maximum Gasteiger partial charge on any atom is 0.279 e. The number of amides is 1. The number of carbonyl (C=O) groups excluding carboxylic acids is 1. The lowest BCUT2D eigenvalue weighted by molar-refractivity contribution is -0.928. The molecular weight excluding hydrogens is 324 g/mol. The maximum absolute atomic E-state index is 12.4. The molecule has 2 aliphatic rings. The van der Waals surface area contributed by atoms with Crippen molar-refractivity contribution in [3.63, 3.8) is 0 Å². The molecule has 6 heteroatoms. The maximum atomic E-state index is 12.4. The molecule has 132 valence electrons. The summed E-state index contributed by atoms with van der Waals surface area (Å²) < 4.78 is 23.3. The number of carbonyl (C=O) groups is 1. The van der Waals surface area contributed by atoms with Gasteiger partial charge in [-0.05, 0) is 50.3 Å². The first-order chi connectivity index (χ1) is 11.4. The van der Waals surface area contributed by atoms with Gasteiger partial charge in [-0.1, -0.05) is 12.5 Å². The van der Waals surface area contributed by atoms with Crippen LogP contribution in [-0.4, -0.2) is 39.7 Å². The summed E-state index contributed by atoms with van der Waals surface area (Å²) in [4.78, 5) is 14.1. The van der Waals surface area contributed by atoms with Gasteiger partial charge in [-0.2, -0.15) is 0 Å². The lowest BCUT2D eigenvalue weighted by Crippen LogP contribution is -3.18. The molecule has 1 heterocycles. The van der Waals surface area contributed by atoms with E-state index in [0.717, 1.165) is 12.5 Å². The SMILES string of the molecule is CS(=O)(=O)c1cccc(NC(=O)C[NH+]2CCC[C@H]3CCCC[C@@H]32)c1. The monoisotopic (exact) mass is 351 g/mol. The second kappa shape index (κ2) is 7.23. The fraction of sp³-hybridized carbons (Fsp3) is 0.611. The van der Waals surface area contributed by atoms with Crippen molar-refractivity contribution in [2.45, 2.75) is 49.5 Å². The van der Waals surface area contributed by atoms with Crippen molar-refractivity contribution in [1.82, 2.24) is 0 Å². The van der Waals surface area contributed by atoms with Crippen molar-refractivity contribution in [2.75, 3.05) is 24.7 Å². The van der Waals surface area contributed by atoms with E-state index >= 15 is 0 Å². The molecule has 0 spiro atoms. The van der Waals surface area contributed by atoms with E-state index in [1.165, 1.54) is 55.7 Å². The van der Waals surface area contributed by atoms with E-state index in [9.17, 15) is 13.2 Å². The Kier molecular flexibility index (Phi) is 5.25. The predicted octanol–water partition coefficient (Wildman–Crippen LogP) is 1.27. The van der Waals surface area contributed by atoms with Gasteiger partial charge in [-0.3, -0.25) is 4.79 Å². The van der Waals surface area contributed by atoms with Crippen molar-refractivity contribution >= 4 is 21.4 Å². The third-order valence-electron chi connectivity index (χ3n) is 5.44. The average molecular weight is 351 g/mol. The molecule has 0 bridgehead atoms. The zero-order valence-corrected chi connectivity index (χ0v) is 15.1. The Morgan fingerprint density at radius 3 is 2.75 bits per heavy atom. The molecule has 3 atom stereocenters. The molecule has 1 amide bonds. The molecule has 1 unspecified atom stereocenters. The quantitative estimate of drug-likeness (QED) is 0.858. The number of piperidine rings is 1. The van der Waals surface area contributed by atoms with E-state index in [4.69, 9.17) is 0 Å². The molecule has 1 saturated heterocycles. The zero-order valence-electron chi connectivity index (χ0n) is 14.3. The molecule has 1 aromatic carbocycles. The number of hydrogen-bond acceptors (Lipinski definition) is 3. The molecule has 1 aromatic rings. The minimum atomic E-state index is -3.26. The highest BCUT2D eigenvalue weighted by molar-refractivity contribution is 7.90. The molecule has 0 aromatic heterocycles. The minimum Gasteiger partial charge on any atom is -0.324 e. The summed E-state index contributed by atoms with van der Waals surface area (Å²) in [6.45, 7) is 1.54. The number of benzene rings is 1. The number of anilines is 1. The molecule has 24 heavy (non-hydrogen) atoms. The summed E-state index contributed by atoms with van der Waals surface area (Å²) in [5.41, 5.74) is 0.555. The Hall–Kier alpha value is -1.40. The van der Waals surface area contributed by atoms with Crippen LogP contribution in [0.4, 0.5) is 5.69 Å². The summed E-state index contributed by atoms with van der Waals surface area (Å²) in [5.74, 6) is 0.755. The van der Waals surface area contributed by atoms with Crippen LogP contribution in [0.1, 0.15) is 38.5 Å². The Labute approximate surface area is 144 Å². The van der Waals surface area contributed by atoms with Crippen LogP contribution in [0.2, 0.25) is 0 Å². The van der Waals surface area contributed by atoms with E-state index in [2.05, 4.69) is 5.32 Å². The van der Waals surface area contributed by atoms with Gasteiger partial charge in [0.1, 0.15) is 0 Å². The number of sulfone groups is 1. The number of hydrogen-bond donors (Lipinski definition) is 2. The van der Waals surface area contributed by atoms with Crippen LogP contribution in [0.15, 0.2) is 29.2 Å². The molecule has 3 rings (SSSR count). The van der Waals surface area contributed by atoms with Crippen LogP contribution < -0.4 is 10.2 Å². The van der Waals surface area contributed by atoms with Gasteiger partial charge in [0.15, 0.2) is 16.4 Å². The van der Waals surface area contributed by atoms with Gasteiger partial charge in [0.25, 0.3) is 5.91 Å². The summed E-state index contributed by atoms with van der Waals surface area (Å²) in [6.07, 6.45) is 8.85. The van der Waals surface area contributed by atoms with E-state index < -0.39 is 9.84 Å². The van der Waals surface area contributed by atoms with Gasteiger partial charge in [-0.15, -0.1) is 0 Å². The first kappa shape index (κ1) is 17.4. The lowest BCUT2D eigenvalue weighted by Gasteiger charge is -2.40. The average Bonchev–Trinajstić information content (AvgIpc) is 2.54. The van der Waals surface area contributed by atoms with Crippen LogP contribution in [-0.2, 0) is 14.6 Å². The highest BCUT2D eigenvalue weighted by atomic mass is 32.2. The Morgan fingerprint density at radius 1 is 1.21 bits per heavy atom. The van der Waals surface area contributed by atoms with Crippen LogP contribution in [0.25, 0.3) is 0 Å².